The van der Waals surface area contributed by atoms with Gasteiger partial charge in [-0.1, -0.05) is 6.92 Å². The van der Waals surface area contributed by atoms with E-state index in [-0.39, 0.29) is 59.8 Å². The van der Waals surface area contributed by atoms with Crippen LogP contribution in [0.4, 0.5) is 0 Å². The molecule has 2 aliphatic rings. The van der Waals surface area contributed by atoms with Gasteiger partial charge in [-0.3, -0.25) is 19.5 Å². The van der Waals surface area contributed by atoms with Crippen molar-refractivity contribution < 1.29 is 64.3 Å². The Labute approximate surface area is 218 Å². The van der Waals surface area contributed by atoms with Crippen LogP contribution in [0.15, 0.2) is 11.8 Å². The van der Waals surface area contributed by atoms with Gasteiger partial charge in [0.15, 0.2) is 0 Å². The number of piperazine rings is 1. The van der Waals surface area contributed by atoms with Crippen LogP contribution in [0.3, 0.4) is 0 Å². The summed E-state index contributed by atoms with van der Waals surface area (Å²) in [4.78, 5) is 26.2. The number of halogens is 1. The van der Waals surface area contributed by atoms with Crippen LogP contribution in [0.1, 0.15) is 13.8 Å². The Hall–Kier alpha value is 0.821. The maximum atomic E-state index is 12.8. The van der Waals surface area contributed by atoms with Crippen molar-refractivity contribution in [2.75, 3.05) is 58.7 Å². The Bertz CT molecular complexity index is 652. The van der Waals surface area contributed by atoms with E-state index in [9.17, 15) is 14.2 Å². The SMILES string of the molecule is CCN1CCN(P(=O)(Cl)OCC2CPCC(N(C)/C=C(/C)C(=O)NC=O)O2)CC1.[Nd]. The molecule has 170 valence electrons. The molecule has 0 saturated carbocycles. The quantitative estimate of drug-likeness (QED) is 0.238. The van der Waals surface area contributed by atoms with Gasteiger partial charge in [0.1, 0.15) is 6.23 Å². The van der Waals surface area contributed by atoms with Gasteiger partial charge < -0.3 is 19.1 Å². The van der Waals surface area contributed by atoms with Crippen molar-refractivity contribution >= 4 is 39.0 Å². The molecule has 2 saturated heterocycles. The predicted octanol–water partition coefficient (Wildman–Crippen LogP) is 1.50. The number of nitrogens with one attached hydrogen (secondary N) is 1. The molecule has 0 spiro atoms. The summed E-state index contributed by atoms with van der Waals surface area (Å²) in [6.45, 7) is 4.41. The molecule has 9 nitrogen and oxygen atoms in total. The average molecular weight is 613 g/mol. The summed E-state index contributed by atoms with van der Waals surface area (Å²) in [5, 5.41) is 2.11. The van der Waals surface area contributed by atoms with Gasteiger partial charge in [0.05, 0.1) is 12.7 Å². The smallest absolute Gasteiger partial charge is 0.355 e. The van der Waals surface area contributed by atoms with Gasteiger partial charge in [0, 0.05) is 92.0 Å². The van der Waals surface area contributed by atoms with Crippen molar-refractivity contribution in [3.8, 4) is 0 Å². The molecule has 0 radical (unpaired) electrons. The molecule has 0 aromatic heterocycles. The van der Waals surface area contributed by atoms with Crippen molar-refractivity contribution in [2.24, 2.45) is 0 Å². The molecule has 0 aromatic carbocycles. The fourth-order valence-electron chi connectivity index (χ4n) is 3.19. The monoisotopic (exact) mass is 610 g/mol. The van der Waals surface area contributed by atoms with E-state index in [1.54, 1.807) is 17.8 Å². The molecule has 0 aliphatic carbocycles. The van der Waals surface area contributed by atoms with E-state index in [0.29, 0.717) is 33.7 Å². The number of amides is 2. The molecule has 2 aliphatic heterocycles. The standard InChI is InChI=1S/C17H31ClN4O5P2.Nd/c1-4-21-5-7-22(8-6-21)29(18,25)26-10-15-11-28-12-16(27-15)20(3)9-14(2)17(24)19-13-23;/h9,13,15-16,28H,4-8,10-12H2,1-3H3,(H,19,23,24);/b14-9-;. The first-order valence-electron chi connectivity index (χ1n) is 9.70. The zero-order valence-electron chi connectivity index (χ0n) is 17.7. The Kier molecular flexibility index (Phi) is 13.6. The summed E-state index contributed by atoms with van der Waals surface area (Å²) in [7, 11) is 2.47. The third-order valence-electron chi connectivity index (χ3n) is 4.99. The minimum absolute atomic E-state index is 0. The molecule has 13 heteroatoms. The van der Waals surface area contributed by atoms with E-state index >= 15 is 0 Å². The number of carbonyl (C=O) groups is 2. The van der Waals surface area contributed by atoms with Crippen LogP contribution in [0, 0.1) is 40.8 Å². The topological polar surface area (TPSA) is 91.4 Å². The van der Waals surface area contributed by atoms with Gasteiger partial charge >= 0.3 is 6.87 Å². The summed E-state index contributed by atoms with van der Waals surface area (Å²) < 4.78 is 26.2. The van der Waals surface area contributed by atoms with Crippen LogP contribution in [0.25, 0.3) is 0 Å². The normalized spacial score (nSPS) is 26.5. The Balaban J connectivity index is 0.00000450. The zero-order chi connectivity index (χ0) is 21.4. The van der Waals surface area contributed by atoms with Crippen molar-refractivity contribution in [3.63, 3.8) is 0 Å². The second-order valence-corrected chi connectivity index (χ2v) is 11.4. The molecule has 1 N–H and O–H groups in total. The van der Waals surface area contributed by atoms with E-state index in [0.717, 1.165) is 32.0 Å². The van der Waals surface area contributed by atoms with E-state index < -0.39 is 12.8 Å². The van der Waals surface area contributed by atoms with Crippen LogP contribution in [-0.4, -0.2) is 97.8 Å². The second-order valence-electron chi connectivity index (χ2n) is 7.08. The number of ether oxygens (including phenoxy) is 1. The molecular weight excluding hydrogens is 582 g/mol. The second kappa shape index (κ2) is 14.2. The third kappa shape index (κ3) is 8.99. The molecular formula is C17H31ClN4NdO5P2. The summed E-state index contributed by atoms with van der Waals surface area (Å²) in [6.07, 6.45) is 3.21. The van der Waals surface area contributed by atoms with Crippen LogP contribution in [0.5, 0.6) is 0 Å². The number of carbonyl (C=O) groups excluding carboxylic acids is 2. The summed E-state index contributed by atoms with van der Waals surface area (Å²) in [6, 6.07) is 0. The molecule has 2 fully saturated rings. The van der Waals surface area contributed by atoms with Gasteiger partial charge in [-0.05, 0) is 30.9 Å². The van der Waals surface area contributed by atoms with Crippen LogP contribution in [0.2, 0.25) is 0 Å². The molecule has 2 heterocycles. The van der Waals surface area contributed by atoms with Crippen molar-refractivity contribution in [1.82, 2.24) is 19.8 Å². The Morgan fingerprint density at radius 3 is 2.63 bits per heavy atom. The van der Waals surface area contributed by atoms with Gasteiger partial charge in [-0.2, -0.15) is 0 Å². The summed E-state index contributed by atoms with van der Waals surface area (Å²) >= 11 is 6.25. The first-order valence-corrected chi connectivity index (χ1v) is 13.6. The zero-order valence-corrected chi connectivity index (χ0v) is 23.5. The van der Waals surface area contributed by atoms with E-state index in [2.05, 4.69) is 17.1 Å². The molecule has 0 bridgehead atoms. The van der Waals surface area contributed by atoms with Crippen molar-refractivity contribution in [1.29, 1.82) is 0 Å². The fourth-order valence-corrected chi connectivity index (χ4v) is 6.31. The van der Waals surface area contributed by atoms with Gasteiger partial charge in [-0.15, -0.1) is 8.58 Å². The van der Waals surface area contributed by atoms with Crippen LogP contribution in [-0.2, 0) is 23.4 Å². The molecule has 2 amide bonds. The van der Waals surface area contributed by atoms with Gasteiger partial charge in [-0.25, -0.2) is 4.67 Å². The summed E-state index contributed by atoms with van der Waals surface area (Å²) in [5.41, 5.74) is 0.404. The van der Waals surface area contributed by atoms with E-state index in [4.69, 9.17) is 20.5 Å². The van der Waals surface area contributed by atoms with Gasteiger partial charge in [0.2, 0.25) is 6.41 Å². The first kappa shape index (κ1) is 28.9. The average Bonchev–Trinajstić information content (AvgIpc) is 2.72. The molecule has 2 rings (SSSR count). The molecule has 4 atom stereocenters. The maximum Gasteiger partial charge on any atom is 0.363 e. The summed E-state index contributed by atoms with van der Waals surface area (Å²) in [5.74, 6) is -0.448. The Morgan fingerprint density at radius 2 is 2.03 bits per heavy atom. The number of nitrogens with zero attached hydrogens (tertiary/aromatic N) is 3. The largest absolute Gasteiger partial charge is 0.363 e. The van der Waals surface area contributed by atoms with E-state index in [1.165, 1.54) is 0 Å². The molecule has 0 aromatic rings. The number of imide groups is 1. The number of hydrogen-bond donors (Lipinski definition) is 1. The first-order chi connectivity index (χ1) is 13.8. The fraction of sp³-hybridized carbons (Fsp3) is 0.765. The maximum absolute atomic E-state index is 12.8. The minimum atomic E-state index is -3.37. The van der Waals surface area contributed by atoms with Crippen LogP contribution < -0.4 is 5.32 Å². The number of hydrogen-bond acceptors (Lipinski definition) is 7. The van der Waals surface area contributed by atoms with E-state index in [1.807, 2.05) is 11.9 Å². The Morgan fingerprint density at radius 1 is 1.37 bits per heavy atom. The minimum Gasteiger partial charge on any atom is -0.355 e. The van der Waals surface area contributed by atoms with Gasteiger partial charge in [0.25, 0.3) is 5.91 Å². The van der Waals surface area contributed by atoms with Crippen LogP contribution >= 0.6 is 26.7 Å². The molecule has 30 heavy (non-hydrogen) atoms. The van der Waals surface area contributed by atoms with Crippen molar-refractivity contribution in [2.45, 2.75) is 26.2 Å². The number of likely N-dealkylation sites (N-methyl/N-ethyl adjacent to an activating group) is 1. The number of rotatable bonds is 9. The third-order valence-corrected chi connectivity index (χ3v) is 8.85. The van der Waals surface area contributed by atoms with Crippen molar-refractivity contribution in [3.05, 3.63) is 11.8 Å². The predicted molar refractivity (Wildman–Crippen MR) is 116 cm³/mol. The molecule has 4 unspecified atom stereocenters.